The van der Waals surface area contributed by atoms with Crippen LogP contribution in [0.15, 0.2) is 35.2 Å². The second-order valence-corrected chi connectivity index (χ2v) is 14.4. The summed E-state index contributed by atoms with van der Waals surface area (Å²) in [6, 6.07) is 5.69. The van der Waals surface area contributed by atoms with Gasteiger partial charge in [0, 0.05) is 23.9 Å². The number of nitrogens with zero attached hydrogens (tertiary/aromatic N) is 1. The molecule has 0 radical (unpaired) electrons. The molecule has 1 aromatic carbocycles. The van der Waals surface area contributed by atoms with Crippen LogP contribution in [0, 0.1) is 11.3 Å². The van der Waals surface area contributed by atoms with E-state index in [2.05, 4.69) is 4.72 Å². The van der Waals surface area contributed by atoms with Crippen LogP contribution in [-0.4, -0.2) is 57.9 Å². The van der Waals surface area contributed by atoms with E-state index in [0.29, 0.717) is 0 Å². The Morgan fingerprint density at radius 3 is 2.25 bits per heavy atom. The van der Waals surface area contributed by atoms with Gasteiger partial charge in [-0.1, -0.05) is 39.0 Å². The third-order valence-electron chi connectivity index (χ3n) is 5.85. The molecule has 1 fully saturated rings. The van der Waals surface area contributed by atoms with Crippen molar-refractivity contribution < 1.29 is 27.3 Å². The van der Waals surface area contributed by atoms with Crippen molar-refractivity contribution in [2.24, 2.45) is 11.3 Å². The van der Waals surface area contributed by atoms with Gasteiger partial charge in [-0.05, 0) is 57.1 Å². The molecule has 0 aromatic heterocycles. The Bertz CT molecular complexity index is 884. The predicted molar refractivity (Wildman–Crippen MR) is 124 cm³/mol. The molecule has 0 bridgehead atoms. The molecule has 1 amide bonds. The van der Waals surface area contributed by atoms with Gasteiger partial charge in [-0.25, -0.2) is 17.6 Å². The Labute approximate surface area is 194 Å². The van der Waals surface area contributed by atoms with Crippen LogP contribution in [-0.2, 0) is 21.2 Å². The summed E-state index contributed by atoms with van der Waals surface area (Å²) in [5.41, 5.74) is -2.77. The highest BCUT2D eigenvalue weighted by Crippen LogP contribution is 2.38. The summed E-state index contributed by atoms with van der Waals surface area (Å²) in [7, 11) is -4.35. The van der Waals surface area contributed by atoms with Crippen molar-refractivity contribution in [3.63, 3.8) is 0 Å². The van der Waals surface area contributed by atoms with Crippen LogP contribution in [0.25, 0.3) is 0 Å². The van der Waals surface area contributed by atoms with Crippen LogP contribution in [0.4, 0.5) is 9.18 Å². The zero-order chi connectivity index (χ0) is 24.5. The van der Waals surface area contributed by atoms with Crippen LogP contribution < -0.4 is 4.72 Å². The quantitative estimate of drug-likeness (QED) is 0.584. The number of halogens is 1. The first-order chi connectivity index (χ1) is 14.6. The van der Waals surface area contributed by atoms with E-state index < -0.39 is 61.0 Å². The van der Waals surface area contributed by atoms with Crippen LogP contribution in [0.2, 0.25) is 0 Å². The zero-order valence-electron chi connectivity index (χ0n) is 19.5. The number of benzene rings is 1. The van der Waals surface area contributed by atoms with E-state index in [0.717, 1.165) is 0 Å². The molecular weight excluding hydrogens is 455 g/mol. The van der Waals surface area contributed by atoms with Crippen molar-refractivity contribution >= 4 is 27.3 Å². The van der Waals surface area contributed by atoms with Gasteiger partial charge in [0.25, 0.3) is 0 Å². The van der Waals surface area contributed by atoms with E-state index in [9.17, 15) is 22.9 Å². The SMILES string of the molecule is CC(C)(C)[C@@H]1C[C@@H]([C@@H](N[S+]([O-])C(C)(C)C)[C@@H](F)S(=O)(=O)c2ccccc2)CCN1C(=O)O. The summed E-state index contributed by atoms with van der Waals surface area (Å²) in [6.07, 6.45) is -0.526. The molecular formula is C22H35FN2O5S2. The van der Waals surface area contributed by atoms with Crippen LogP contribution >= 0.6 is 0 Å². The minimum absolute atomic E-state index is 0.142. The molecule has 1 saturated heterocycles. The molecule has 5 atom stereocenters. The first-order valence-corrected chi connectivity index (χ1v) is 13.4. The number of nitrogens with one attached hydrogen (secondary N) is 1. The molecule has 10 heteroatoms. The van der Waals surface area contributed by atoms with Crippen molar-refractivity contribution in [2.45, 2.75) is 81.6 Å². The highest BCUT2D eigenvalue weighted by Gasteiger charge is 2.48. The lowest BCUT2D eigenvalue weighted by atomic mass is 9.75. The fourth-order valence-electron chi connectivity index (χ4n) is 3.97. The molecule has 32 heavy (non-hydrogen) atoms. The smallest absolute Gasteiger partial charge is 0.407 e. The predicted octanol–water partition coefficient (Wildman–Crippen LogP) is 3.98. The van der Waals surface area contributed by atoms with E-state index in [1.807, 2.05) is 20.8 Å². The highest BCUT2D eigenvalue weighted by atomic mass is 32.2. The number of amides is 1. The maximum absolute atomic E-state index is 15.8. The minimum Gasteiger partial charge on any atom is -0.598 e. The average Bonchev–Trinajstić information content (AvgIpc) is 2.70. The summed E-state index contributed by atoms with van der Waals surface area (Å²) in [6.45, 7) is 11.0. The number of carbonyl (C=O) groups is 1. The fraction of sp³-hybridized carbons (Fsp3) is 0.682. The summed E-state index contributed by atoms with van der Waals surface area (Å²) >= 11 is -1.72. The van der Waals surface area contributed by atoms with E-state index in [1.165, 1.54) is 29.2 Å². The van der Waals surface area contributed by atoms with E-state index in [-0.39, 0.29) is 24.3 Å². The van der Waals surface area contributed by atoms with E-state index in [1.54, 1.807) is 26.8 Å². The maximum Gasteiger partial charge on any atom is 0.407 e. The number of alkyl halides is 1. The van der Waals surface area contributed by atoms with Gasteiger partial charge in [-0.3, -0.25) is 0 Å². The van der Waals surface area contributed by atoms with Crippen molar-refractivity contribution in [1.82, 2.24) is 9.62 Å². The molecule has 1 aliphatic heterocycles. The van der Waals surface area contributed by atoms with Crippen molar-refractivity contribution in [3.05, 3.63) is 30.3 Å². The van der Waals surface area contributed by atoms with Crippen LogP contribution in [0.5, 0.6) is 0 Å². The second-order valence-electron chi connectivity index (χ2n) is 10.4. The van der Waals surface area contributed by atoms with Gasteiger partial charge < -0.3 is 14.6 Å². The van der Waals surface area contributed by atoms with Gasteiger partial charge in [0.05, 0.1) is 4.90 Å². The van der Waals surface area contributed by atoms with E-state index >= 15 is 4.39 Å². The number of likely N-dealkylation sites (tertiary alicyclic amines) is 1. The maximum atomic E-state index is 15.8. The number of hydrogen-bond acceptors (Lipinski definition) is 5. The molecule has 1 aromatic rings. The summed E-state index contributed by atoms with van der Waals surface area (Å²) in [4.78, 5) is 13.0. The monoisotopic (exact) mass is 490 g/mol. The number of hydrogen-bond donors (Lipinski definition) is 2. The van der Waals surface area contributed by atoms with Gasteiger partial charge in [0.2, 0.25) is 15.3 Å². The van der Waals surface area contributed by atoms with Gasteiger partial charge >= 0.3 is 6.09 Å². The molecule has 2 N–H and O–H groups in total. The van der Waals surface area contributed by atoms with Gasteiger partial charge in [0.15, 0.2) is 0 Å². The number of piperidine rings is 1. The van der Waals surface area contributed by atoms with Gasteiger partial charge in [-0.2, -0.15) is 0 Å². The lowest BCUT2D eigenvalue weighted by molar-refractivity contribution is 0.0305. The third kappa shape index (κ3) is 6.15. The summed E-state index contributed by atoms with van der Waals surface area (Å²) < 4.78 is 56.9. The zero-order valence-corrected chi connectivity index (χ0v) is 21.2. The topological polar surface area (TPSA) is 110 Å². The standard InChI is InChI=1S/C22H35FN2O5S2/c1-21(2,3)17-14-15(12-13-25(17)20(26)27)18(24-31(28)22(4,5)6)19(23)32(29,30)16-10-8-7-9-11-16/h7-11,15,17-19,24H,12-14H2,1-6H3,(H,26,27)/t15-,17-,18+,19-,31?/m0/s1. The average molecular weight is 491 g/mol. The fourth-order valence-corrected chi connectivity index (χ4v) is 6.44. The normalized spacial score (nSPS) is 23.4. The third-order valence-corrected chi connectivity index (χ3v) is 9.26. The number of rotatable bonds is 6. The first-order valence-electron chi connectivity index (χ1n) is 10.7. The molecule has 0 spiro atoms. The largest absolute Gasteiger partial charge is 0.598 e. The molecule has 0 saturated carbocycles. The molecule has 1 aliphatic rings. The molecule has 0 aliphatic carbocycles. The van der Waals surface area contributed by atoms with Crippen molar-refractivity contribution in [3.8, 4) is 0 Å². The van der Waals surface area contributed by atoms with Crippen molar-refractivity contribution in [1.29, 1.82) is 0 Å². The van der Waals surface area contributed by atoms with Crippen molar-refractivity contribution in [2.75, 3.05) is 6.54 Å². The molecule has 182 valence electrons. The second kappa shape index (κ2) is 9.87. The molecule has 7 nitrogen and oxygen atoms in total. The Morgan fingerprint density at radius 1 is 1.22 bits per heavy atom. The molecule has 1 heterocycles. The lowest BCUT2D eigenvalue weighted by Crippen LogP contribution is -2.58. The Morgan fingerprint density at radius 2 is 1.78 bits per heavy atom. The number of sulfone groups is 1. The van der Waals surface area contributed by atoms with Gasteiger partial charge in [-0.15, -0.1) is 4.72 Å². The summed E-state index contributed by atoms with van der Waals surface area (Å²) in [5.74, 6) is -0.519. The van der Waals surface area contributed by atoms with Gasteiger partial charge in [0.1, 0.15) is 10.8 Å². The number of carboxylic acid groups (broad SMARTS) is 1. The van der Waals surface area contributed by atoms with E-state index in [4.69, 9.17) is 0 Å². The lowest BCUT2D eigenvalue weighted by Gasteiger charge is -2.46. The summed E-state index contributed by atoms with van der Waals surface area (Å²) in [5, 5.41) is 9.63. The molecule has 2 rings (SSSR count). The first kappa shape index (κ1) is 26.9. The Balaban J connectivity index is 2.44. The minimum atomic E-state index is -4.35. The van der Waals surface area contributed by atoms with Crippen LogP contribution in [0.1, 0.15) is 54.4 Å². The molecule has 1 unspecified atom stereocenters. The Hall–Kier alpha value is -1.36. The van der Waals surface area contributed by atoms with Crippen LogP contribution in [0.3, 0.4) is 0 Å². The highest BCUT2D eigenvalue weighted by molar-refractivity contribution is 7.92. The Kier molecular flexibility index (Phi) is 8.29.